The zero-order valence-electron chi connectivity index (χ0n) is 9.82. The van der Waals surface area contributed by atoms with Gasteiger partial charge in [-0.25, -0.2) is 0 Å². The van der Waals surface area contributed by atoms with E-state index in [0.29, 0.717) is 0 Å². The van der Waals surface area contributed by atoms with Gasteiger partial charge in [0.15, 0.2) is 5.78 Å². The molecule has 0 heterocycles. The highest BCUT2D eigenvalue weighted by Crippen LogP contribution is 2.26. The van der Waals surface area contributed by atoms with Crippen molar-refractivity contribution in [2.75, 3.05) is 7.11 Å². The lowest BCUT2D eigenvalue weighted by molar-refractivity contribution is -0.142. The van der Waals surface area contributed by atoms with Crippen LogP contribution < -0.4 is 0 Å². The van der Waals surface area contributed by atoms with Gasteiger partial charge in [0.1, 0.15) is 11.4 Å². The number of rotatable bonds is 5. The largest absolute Gasteiger partial charge is 0.366 e. The molecule has 0 fully saturated rings. The lowest BCUT2D eigenvalue weighted by Crippen LogP contribution is -2.35. The van der Waals surface area contributed by atoms with E-state index in [1.54, 1.807) is 6.92 Å². The lowest BCUT2D eigenvalue weighted by atomic mass is 9.89. The summed E-state index contributed by atoms with van der Waals surface area (Å²) >= 11 is 0. The van der Waals surface area contributed by atoms with E-state index < -0.39 is 5.60 Å². The summed E-state index contributed by atoms with van der Waals surface area (Å²) in [6.45, 7) is 3.09. The highest BCUT2D eigenvalue weighted by atomic mass is 16.5. The van der Waals surface area contributed by atoms with E-state index in [-0.39, 0.29) is 18.0 Å². The zero-order valence-corrected chi connectivity index (χ0v) is 9.82. The molecule has 0 aromatic heterocycles. The van der Waals surface area contributed by atoms with Gasteiger partial charge in [-0.15, -0.1) is 0 Å². The van der Waals surface area contributed by atoms with Crippen LogP contribution in [0.1, 0.15) is 25.8 Å². The fourth-order valence-electron chi connectivity index (χ4n) is 1.54. The molecule has 1 rings (SSSR count). The Morgan fingerprint density at radius 1 is 1.25 bits per heavy atom. The van der Waals surface area contributed by atoms with Crippen molar-refractivity contribution in [2.45, 2.75) is 25.9 Å². The molecule has 3 nitrogen and oxygen atoms in total. The number of carbonyl (C=O) groups excluding carboxylic acids is 2. The number of ketones is 2. The van der Waals surface area contributed by atoms with E-state index in [1.165, 1.54) is 14.0 Å². The Morgan fingerprint density at radius 3 is 2.25 bits per heavy atom. The molecule has 0 unspecified atom stereocenters. The van der Waals surface area contributed by atoms with Crippen LogP contribution in [0.4, 0.5) is 0 Å². The number of hydrogen-bond donors (Lipinski definition) is 0. The summed E-state index contributed by atoms with van der Waals surface area (Å²) in [6, 6.07) is 9.19. The van der Waals surface area contributed by atoms with Crippen LogP contribution in [-0.2, 0) is 19.9 Å². The average molecular weight is 220 g/mol. The van der Waals surface area contributed by atoms with E-state index in [4.69, 9.17) is 4.74 Å². The van der Waals surface area contributed by atoms with Crippen molar-refractivity contribution in [3.8, 4) is 0 Å². The molecule has 3 heteroatoms. The summed E-state index contributed by atoms with van der Waals surface area (Å²) in [6.07, 6.45) is -0.0980. The third kappa shape index (κ3) is 2.55. The molecule has 86 valence electrons. The standard InChI is InChI=1S/C13H16O3/c1-10(14)9-12(15)13(2,16-3)11-7-5-4-6-8-11/h4-8H,9H2,1-3H3/t13-/m0/s1. The molecule has 0 aliphatic rings. The molecule has 0 aliphatic heterocycles. The molecular formula is C13H16O3. The van der Waals surface area contributed by atoms with Crippen LogP contribution in [0.2, 0.25) is 0 Å². The Kier molecular flexibility index (Phi) is 3.96. The minimum absolute atomic E-state index is 0.0980. The molecule has 1 aromatic rings. The Bertz CT molecular complexity index is 383. The minimum atomic E-state index is -1.03. The number of Topliss-reactive ketones (excluding diaryl/α,β-unsaturated/α-hetero) is 2. The highest BCUT2D eigenvalue weighted by molar-refractivity contribution is 6.02. The Balaban J connectivity index is 3.03. The molecular weight excluding hydrogens is 204 g/mol. The molecule has 0 aliphatic carbocycles. The van der Waals surface area contributed by atoms with Crippen LogP contribution in [-0.4, -0.2) is 18.7 Å². The van der Waals surface area contributed by atoms with Crippen molar-refractivity contribution >= 4 is 11.6 Å². The van der Waals surface area contributed by atoms with Gasteiger partial charge < -0.3 is 4.74 Å². The van der Waals surface area contributed by atoms with Crippen LogP contribution in [0.25, 0.3) is 0 Å². The summed E-state index contributed by atoms with van der Waals surface area (Å²) in [5, 5.41) is 0. The fourth-order valence-corrected chi connectivity index (χ4v) is 1.54. The molecule has 1 atom stereocenters. The van der Waals surface area contributed by atoms with Gasteiger partial charge in [0, 0.05) is 7.11 Å². The van der Waals surface area contributed by atoms with E-state index in [1.807, 2.05) is 30.3 Å². The lowest BCUT2D eigenvalue weighted by Gasteiger charge is -2.26. The first-order chi connectivity index (χ1) is 7.50. The van der Waals surface area contributed by atoms with Crippen LogP contribution in [0.15, 0.2) is 30.3 Å². The van der Waals surface area contributed by atoms with Crippen LogP contribution in [0, 0.1) is 0 Å². The maximum absolute atomic E-state index is 12.0. The van der Waals surface area contributed by atoms with Crippen molar-refractivity contribution in [3.63, 3.8) is 0 Å². The van der Waals surface area contributed by atoms with E-state index >= 15 is 0 Å². The number of ether oxygens (including phenoxy) is 1. The monoisotopic (exact) mass is 220 g/mol. The predicted octanol–water partition coefficient (Wildman–Crippen LogP) is 2.10. The van der Waals surface area contributed by atoms with Gasteiger partial charge in [-0.3, -0.25) is 9.59 Å². The normalized spacial score (nSPS) is 14.2. The van der Waals surface area contributed by atoms with E-state index in [9.17, 15) is 9.59 Å². The second-order valence-electron chi connectivity index (χ2n) is 3.91. The minimum Gasteiger partial charge on any atom is -0.366 e. The third-order valence-corrected chi connectivity index (χ3v) is 2.67. The highest BCUT2D eigenvalue weighted by Gasteiger charge is 2.34. The summed E-state index contributed by atoms with van der Waals surface area (Å²) in [7, 11) is 1.48. The zero-order chi connectivity index (χ0) is 12.2. The van der Waals surface area contributed by atoms with Crippen molar-refractivity contribution in [3.05, 3.63) is 35.9 Å². The maximum atomic E-state index is 12.0. The van der Waals surface area contributed by atoms with Crippen molar-refractivity contribution in [2.24, 2.45) is 0 Å². The Morgan fingerprint density at radius 2 is 1.81 bits per heavy atom. The smallest absolute Gasteiger partial charge is 0.176 e. The maximum Gasteiger partial charge on any atom is 0.176 e. The van der Waals surface area contributed by atoms with Gasteiger partial charge in [-0.05, 0) is 19.4 Å². The second-order valence-corrected chi connectivity index (χ2v) is 3.91. The predicted molar refractivity (Wildman–Crippen MR) is 61.1 cm³/mol. The van der Waals surface area contributed by atoms with Crippen LogP contribution >= 0.6 is 0 Å². The van der Waals surface area contributed by atoms with E-state index in [0.717, 1.165) is 5.56 Å². The summed E-state index contributed by atoms with van der Waals surface area (Å²) in [5.41, 5.74) is -0.267. The number of methoxy groups -OCH3 is 1. The van der Waals surface area contributed by atoms with Crippen LogP contribution in [0.5, 0.6) is 0 Å². The first-order valence-corrected chi connectivity index (χ1v) is 5.14. The number of hydrogen-bond acceptors (Lipinski definition) is 3. The average Bonchev–Trinajstić information content (AvgIpc) is 2.28. The molecule has 0 saturated heterocycles. The van der Waals surface area contributed by atoms with Gasteiger partial charge in [0.05, 0.1) is 6.42 Å². The summed E-state index contributed by atoms with van der Waals surface area (Å²) < 4.78 is 5.28. The molecule has 0 amide bonds. The van der Waals surface area contributed by atoms with Gasteiger partial charge in [-0.1, -0.05) is 30.3 Å². The summed E-state index contributed by atoms with van der Waals surface area (Å²) in [4.78, 5) is 22.9. The molecule has 16 heavy (non-hydrogen) atoms. The number of benzene rings is 1. The first-order valence-electron chi connectivity index (χ1n) is 5.14. The quantitative estimate of drug-likeness (QED) is 0.714. The molecule has 0 radical (unpaired) electrons. The van der Waals surface area contributed by atoms with Gasteiger partial charge in [0.25, 0.3) is 0 Å². The SMILES string of the molecule is CO[C@](C)(C(=O)CC(C)=O)c1ccccc1. The number of carbonyl (C=O) groups is 2. The van der Waals surface area contributed by atoms with Crippen LogP contribution in [0.3, 0.4) is 0 Å². The molecule has 0 N–H and O–H groups in total. The fraction of sp³-hybridized carbons (Fsp3) is 0.385. The molecule has 0 bridgehead atoms. The summed E-state index contributed by atoms with van der Waals surface area (Å²) in [5.74, 6) is -0.363. The molecule has 0 spiro atoms. The molecule has 1 aromatic carbocycles. The van der Waals surface area contributed by atoms with Gasteiger partial charge in [0.2, 0.25) is 0 Å². The topological polar surface area (TPSA) is 43.4 Å². The molecule has 0 saturated carbocycles. The Hall–Kier alpha value is -1.48. The van der Waals surface area contributed by atoms with Gasteiger partial charge in [-0.2, -0.15) is 0 Å². The van der Waals surface area contributed by atoms with Crippen molar-refractivity contribution < 1.29 is 14.3 Å². The first kappa shape index (κ1) is 12.6. The Labute approximate surface area is 95.4 Å². The second kappa shape index (κ2) is 5.03. The third-order valence-electron chi connectivity index (χ3n) is 2.67. The van der Waals surface area contributed by atoms with Crippen molar-refractivity contribution in [1.82, 2.24) is 0 Å². The van der Waals surface area contributed by atoms with E-state index in [2.05, 4.69) is 0 Å². The van der Waals surface area contributed by atoms with Crippen molar-refractivity contribution in [1.29, 1.82) is 0 Å². The van der Waals surface area contributed by atoms with Gasteiger partial charge >= 0.3 is 0 Å².